The minimum absolute atomic E-state index is 0.209. The summed E-state index contributed by atoms with van der Waals surface area (Å²) in [7, 11) is 0. The summed E-state index contributed by atoms with van der Waals surface area (Å²) < 4.78 is 5.67. The predicted molar refractivity (Wildman–Crippen MR) is 64.4 cm³/mol. The van der Waals surface area contributed by atoms with E-state index < -0.39 is 0 Å². The number of nitrogens with zero attached hydrogens (tertiary/aromatic N) is 2. The van der Waals surface area contributed by atoms with E-state index >= 15 is 0 Å². The van der Waals surface area contributed by atoms with Crippen LogP contribution in [0.15, 0.2) is 24.4 Å². The Morgan fingerprint density at radius 3 is 2.71 bits per heavy atom. The molecule has 1 N–H and O–H groups in total. The molecule has 0 spiro atoms. The van der Waals surface area contributed by atoms with Gasteiger partial charge >= 0.3 is 0 Å². The van der Waals surface area contributed by atoms with E-state index in [1.54, 1.807) is 31.3 Å². The van der Waals surface area contributed by atoms with Gasteiger partial charge in [0.05, 0.1) is 11.4 Å². The van der Waals surface area contributed by atoms with Crippen molar-refractivity contribution in [3.8, 4) is 17.4 Å². The van der Waals surface area contributed by atoms with Gasteiger partial charge in [0.1, 0.15) is 11.5 Å². The lowest BCUT2D eigenvalue weighted by atomic mass is 10.2. The summed E-state index contributed by atoms with van der Waals surface area (Å²) in [6.07, 6.45) is 1.69. The molecule has 0 bridgehead atoms. The van der Waals surface area contributed by atoms with Crippen molar-refractivity contribution in [2.24, 2.45) is 0 Å². The number of phenolic OH excluding ortho intramolecular Hbond substituents is 1. The first-order valence-electron chi connectivity index (χ1n) is 5.34. The summed E-state index contributed by atoms with van der Waals surface area (Å²) >= 11 is 0. The SMILES string of the molecule is Cc1cnc(C)c(Oc2cccc(O)c2C)n1. The Hall–Kier alpha value is -2.10. The molecule has 0 fully saturated rings. The average molecular weight is 230 g/mol. The molecule has 4 nitrogen and oxygen atoms in total. The molecule has 2 rings (SSSR count). The Morgan fingerprint density at radius 2 is 1.94 bits per heavy atom. The van der Waals surface area contributed by atoms with Crippen molar-refractivity contribution in [3.05, 3.63) is 41.3 Å². The molecule has 0 amide bonds. The molecule has 88 valence electrons. The summed E-state index contributed by atoms with van der Waals surface area (Å²) in [5.41, 5.74) is 2.21. The Labute approximate surface area is 99.9 Å². The second-order valence-corrected chi connectivity index (χ2v) is 3.90. The number of aromatic hydroxyl groups is 1. The summed E-state index contributed by atoms with van der Waals surface area (Å²) in [6, 6.07) is 5.14. The first kappa shape index (κ1) is 11.4. The van der Waals surface area contributed by atoms with Gasteiger partial charge in [-0.3, -0.25) is 4.98 Å². The van der Waals surface area contributed by atoms with E-state index in [9.17, 15) is 5.11 Å². The maximum absolute atomic E-state index is 9.59. The molecule has 0 aliphatic carbocycles. The molecule has 0 aliphatic heterocycles. The first-order chi connectivity index (χ1) is 8.08. The van der Waals surface area contributed by atoms with Gasteiger partial charge in [-0.05, 0) is 32.9 Å². The van der Waals surface area contributed by atoms with Gasteiger partial charge in [0.15, 0.2) is 0 Å². The van der Waals surface area contributed by atoms with Crippen molar-refractivity contribution in [2.75, 3.05) is 0 Å². The second-order valence-electron chi connectivity index (χ2n) is 3.90. The second kappa shape index (κ2) is 4.41. The monoisotopic (exact) mass is 230 g/mol. The van der Waals surface area contributed by atoms with Crippen LogP contribution in [0.2, 0.25) is 0 Å². The van der Waals surface area contributed by atoms with Crippen LogP contribution in [0.3, 0.4) is 0 Å². The number of aryl methyl sites for hydroxylation is 2. The van der Waals surface area contributed by atoms with Crippen molar-refractivity contribution in [1.82, 2.24) is 9.97 Å². The Balaban J connectivity index is 2.38. The predicted octanol–water partition coefficient (Wildman–Crippen LogP) is 2.90. The fraction of sp³-hybridized carbons (Fsp3) is 0.231. The highest BCUT2D eigenvalue weighted by Gasteiger charge is 2.08. The number of phenols is 1. The van der Waals surface area contributed by atoms with Crippen LogP contribution < -0.4 is 4.74 Å². The van der Waals surface area contributed by atoms with Crippen LogP contribution in [0, 0.1) is 20.8 Å². The van der Waals surface area contributed by atoms with Crippen molar-refractivity contribution < 1.29 is 9.84 Å². The van der Waals surface area contributed by atoms with Gasteiger partial charge in [-0.1, -0.05) is 6.07 Å². The Morgan fingerprint density at radius 1 is 1.18 bits per heavy atom. The van der Waals surface area contributed by atoms with Crippen LogP contribution in [0.4, 0.5) is 0 Å². The quantitative estimate of drug-likeness (QED) is 0.861. The van der Waals surface area contributed by atoms with Gasteiger partial charge in [0.25, 0.3) is 0 Å². The molecular formula is C13H14N2O2. The molecule has 0 radical (unpaired) electrons. The molecule has 2 aromatic rings. The first-order valence-corrected chi connectivity index (χ1v) is 5.34. The maximum Gasteiger partial charge on any atom is 0.241 e. The molecule has 0 unspecified atom stereocenters. The number of hydrogen-bond acceptors (Lipinski definition) is 4. The molecule has 0 saturated carbocycles. The molecule has 0 aliphatic rings. The highest BCUT2D eigenvalue weighted by molar-refractivity contribution is 5.44. The van der Waals surface area contributed by atoms with E-state index in [0.717, 1.165) is 11.4 Å². The number of benzene rings is 1. The summed E-state index contributed by atoms with van der Waals surface area (Å²) in [4.78, 5) is 8.45. The highest BCUT2D eigenvalue weighted by Crippen LogP contribution is 2.30. The van der Waals surface area contributed by atoms with E-state index in [1.165, 1.54) is 0 Å². The van der Waals surface area contributed by atoms with E-state index in [1.807, 2.05) is 13.8 Å². The molecular weight excluding hydrogens is 216 g/mol. The molecule has 0 saturated heterocycles. The van der Waals surface area contributed by atoms with E-state index in [0.29, 0.717) is 17.2 Å². The third kappa shape index (κ3) is 2.36. The summed E-state index contributed by atoms with van der Waals surface area (Å²) in [6.45, 7) is 5.48. The number of hydrogen-bond donors (Lipinski definition) is 1. The van der Waals surface area contributed by atoms with Crippen LogP contribution in [0.25, 0.3) is 0 Å². The molecule has 1 aromatic carbocycles. The fourth-order valence-electron chi connectivity index (χ4n) is 1.43. The minimum atomic E-state index is 0.209. The fourth-order valence-corrected chi connectivity index (χ4v) is 1.43. The van der Waals surface area contributed by atoms with Gasteiger partial charge < -0.3 is 9.84 Å². The number of rotatable bonds is 2. The zero-order valence-electron chi connectivity index (χ0n) is 10.1. The van der Waals surface area contributed by atoms with Crippen molar-refractivity contribution in [2.45, 2.75) is 20.8 Å². The number of ether oxygens (including phenoxy) is 1. The Kier molecular flexibility index (Phi) is 2.95. The van der Waals surface area contributed by atoms with Gasteiger partial charge in [-0.25, -0.2) is 4.98 Å². The van der Waals surface area contributed by atoms with Gasteiger partial charge in [-0.2, -0.15) is 0 Å². The lowest BCUT2D eigenvalue weighted by molar-refractivity contribution is 0.433. The normalized spacial score (nSPS) is 10.3. The van der Waals surface area contributed by atoms with Gasteiger partial charge in [0, 0.05) is 11.8 Å². The van der Waals surface area contributed by atoms with E-state index in [2.05, 4.69) is 9.97 Å². The summed E-state index contributed by atoms with van der Waals surface area (Å²) in [5.74, 6) is 1.27. The number of aromatic nitrogens is 2. The largest absolute Gasteiger partial charge is 0.508 e. The van der Waals surface area contributed by atoms with Crippen LogP contribution in [0.1, 0.15) is 17.0 Å². The molecule has 1 aromatic heterocycles. The molecule has 1 heterocycles. The van der Waals surface area contributed by atoms with Crippen LogP contribution in [-0.2, 0) is 0 Å². The third-order valence-corrected chi connectivity index (χ3v) is 2.49. The smallest absolute Gasteiger partial charge is 0.241 e. The van der Waals surface area contributed by atoms with E-state index in [-0.39, 0.29) is 5.75 Å². The molecule has 0 atom stereocenters. The van der Waals surface area contributed by atoms with Crippen LogP contribution in [0.5, 0.6) is 17.4 Å². The topological polar surface area (TPSA) is 55.2 Å². The summed E-state index contributed by atoms with van der Waals surface area (Å²) in [5, 5.41) is 9.59. The van der Waals surface area contributed by atoms with E-state index in [4.69, 9.17) is 4.74 Å². The van der Waals surface area contributed by atoms with Crippen molar-refractivity contribution in [1.29, 1.82) is 0 Å². The lowest BCUT2D eigenvalue weighted by Crippen LogP contribution is -1.97. The third-order valence-electron chi connectivity index (χ3n) is 2.49. The van der Waals surface area contributed by atoms with Gasteiger partial charge in [0.2, 0.25) is 5.88 Å². The van der Waals surface area contributed by atoms with Crippen molar-refractivity contribution >= 4 is 0 Å². The maximum atomic E-state index is 9.59. The average Bonchev–Trinajstić information content (AvgIpc) is 2.30. The van der Waals surface area contributed by atoms with Crippen molar-refractivity contribution in [3.63, 3.8) is 0 Å². The zero-order chi connectivity index (χ0) is 12.4. The van der Waals surface area contributed by atoms with Gasteiger partial charge in [-0.15, -0.1) is 0 Å². The minimum Gasteiger partial charge on any atom is -0.508 e. The van der Waals surface area contributed by atoms with Crippen LogP contribution in [-0.4, -0.2) is 15.1 Å². The Bertz CT molecular complexity index is 553. The molecule has 17 heavy (non-hydrogen) atoms. The standard InChI is InChI=1S/C13H14N2O2/c1-8-7-14-10(3)13(15-8)17-12-6-4-5-11(16)9(12)2/h4-7,16H,1-3H3. The van der Waals surface area contributed by atoms with Crippen LogP contribution >= 0.6 is 0 Å². The zero-order valence-corrected chi connectivity index (χ0v) is 10.1. The lowest BCUT2D eigenvalue weighted by Gasteiger charge is -2.10. The highest BCUT2D eigenvalue weighted by atomic mass is 16.5. The molecule has 4 heteroatoms.